The van der Waals surface area contributed by atoms with E-state index in [9.17, 15) is 0 Å². The van der Waals surface area contributed by atoms with E-state index in [1.165, 1.54) is 19.3 Å². The van der Waals surface area contributed by atoms with Crippen LogP contribution in [0.5, 0.6) is 0 Å². The van der Waals surface area contributed by atoms with Gasteiger partial charge in [0.05, 0.1) is 0 Å². The summed E-state index contributed by atoms with van der Waals surface area (Å²) in [5.41, 5.74) is 2.43. The first-order valence-corrected chi connectivity index (χ1v) is 6.72. The number of allylic oxidation sites excluding steroid dienone is 2. The van der Waals surface area contributed by atoms with Gasteiger partial charge in [-0.05, 0) is 61.2 Å². The van der Waals surface area contributed by atoms with E-state index in [2.05, 4.69) is 33.8 Å². The maximum Gasteiger partial charge on any atom is -0.0133 e. The van der Waals surface area contributed by atoms with Gasteiger partial charge in [0.1, 0.15) is 0 Å². The molecule has 0 spiro atoms. The number of hydrogen-bond acceptors (Lipinski definition) is 0. The Morgan fingerprint density at radius 3 is 2.80 bits per heavy atom. The fraction of sp³-hybridized carbons (Fsp3) is 0.867. The molecule has 0 aliphatic heterocycles. The fourth-order valence-corrected chi connectivity index (χ4v) is 5.18. The van der Waals surface area contributed by atoms with Crippen LogP contribution < -0.4 is 0 Å². The molecule has 3 aliphatic rings. The number of fused-ring (bicyclic) bond motifs is 4. The zero-order valence-electron chi connectivity index (χ0n) is 10.6. The van der Waals surface area contributed by atoms with Gasteiger partial charge in [-0.15, -0.1) is 0 Å². The van der Waals surface area contributed by atoms with Gasteiger partial charge in [0, 0.05) is 0 Å². The van der Waals surface area contributed by atoms with Gasteiger partial charge in [-0.3, -0.25) is 0 Å². The molecule has 15 heavy (non-hydrogen) atoms. The van der Waals surface area contributed by atoms with Crippen LogP contribution in [0.3, 0.4) is 0 Å². The minimum Gasteiger partial charge on any atom is -0.0850 e. The van der Waals surface area contributed by atoms with Crippen molar-refractivity contribution in [3.8, 4) is 0 Å². The summed E-state index contributed by atoms with van der Waals surface area (Å²) in [6, 6.07) is 0. The van der Waals surface area contributed by atoms with Gasteiger partial charge in [-0.1, -0.05) is 32.4 Å². The molecule has 0 bridgehead atoms. The summed E-state index contributed by atoms with van der Waals surface area (Å²) in [6.45, 7) is 9.81. The Bertz CT molecular complexity index is 312. The zero-order chi connectivity index (χ0) is 10.8. The lowest BCUT2D eigenvalue weighted by Crippen LogP contribution is -2.53. The van der Waals surface area contributed by atoms with Crippen molar-refractivity contribution in [2.24, 2.45) is 35.0 Å². The average Bonchev–Trinajstić information content (AvgIpc) is 2.62. The van der Waals surface area contributed by atoms with E-state index in [4.69, 9.17) is 0 Å². The molecule has 0 radical (unpaired) electrons. The first-order valence-electron chi connectivity index (χ1n) is 6.72. The molecular formula is C15H24. The minimum absolute atomic E-state index is 0.716. The third-order valence-electron chi connectivity index (χ3n) is 5.98. The quantitative estimate of drug-likeness (QED) is 0.559. The third-order valence-corrected chi connectivity index (χ3v) is 5.98. The highest BCUT2D eigenvalue weighted by atomic mass is 14.7. The highest BCUT2D eigenvalue weighted by molar-refractivity contribution is 5.27. The Morgan fingerprint density at radius 1 is 1.40 bits per heavy atom. The molecule has 2 saturated carbocycles. The van der Waals surface area contributed by atoms with Crippen LogP contribution in [0.2, 0.25) is 0 Å². The first-order chi connectivity index (χ1) is 7.05. The second kappa shape index (κ2) is 2.90. The van der Waals surface area contributed by atoms with Gasteiger partial charge in [0.15, 0.2) is 0 Å². The van der Waals surface area contributed by atoms with Crippen LogP contribution in [0.15, 0.2) is 11.6 Å². The van der Waals surface area contributed by atoms with Gasteiger partial charge in [-0.25, -0.2) is 0 Å². The normalized spacial score (nSPS) is 52.5. The van der Waals surface area contributed by atoms with E-state index < -0.39 is 0 Å². The van der Waals surface area contributed by atoms with E-state index in [-0.39, 0.29) is 0 Å². The van der Waals surface area contributed by atoms with Crippen molar-refractivity contribution in [1.82, 2.24) is 0 Å². The van der Waals surface area contributed by atoms with Crippen LogP contribution in [-0.2, 0) is 0 Å². The lowest BCUT2D eigenvalue weighted by Gasteiger charge is -2.57. The average molecular weight is 204 g/mol. The van der Waals surface area contributed by atoms with Gasteiger partial charge in [0.25, 0.3) is 0 Å². The van der Waals surface area contributed by atoms with Crippen molar-refractivity contribution in [3.05, 3.63) is 11.6 Å². The maximum atomic E-state index is 2.58. The zero-order valence-corrected chi connectivity index (χ0v) is 10.6. The molecule has 3 aliphatic carbocycles. The highest BCUT2D eigenvalue weighted by Gasteiger charge is 2.65. The Kier molecular flexibility index (Phi) is 1.92. The van der Waals surface area contributed by atoms with Crippen LogP contribution in [0, 0.1) is 35.0 Å². The largest absolute Gasteiger partial charge is 0.0850 e. The molecule has 0 heteroatoms. The van der Waals surface area contributed by atoms with Crippen LogP contribution in [0.4, 0.5) is 0 Å². The van der Waals surface area contributed by atoms with Crippen molar-refractivity contribution >= 4 is 0 Å². The van der Waals surface area contributed by atoms with Crippen LogP contribution in [0.1, 0.15) is 47.0 Å². The summed E-state index contributed by atoms with van der Waals surface area (Å²) >= 11 is 0. The summed E-state index contributed by atoms with van der Waals surface area (Å²) in [5, 5.41) is 0. The SMILES string of the molecule is CC1=CCC2C1C1C(C(C)C)CCC21C. The first kappa shape index (κ1) is 9.93. The monoisotopic (exact) mass is 204 g/mol. The maximum absolute atomic E-state index is 2.58. The summed E-state index contributed by atoms with van der Waals surface area (Å²) in [6.07, 6.45) is 6.91. The van der Waals surface area contributed by atoms with Gasteiger partial charge in [0.2, 0.25) is 0 Å². The molecule has 0 amide bonds. The molecule has 0 saturated heterocycles. The van der Waals surface area contributed by atoms with E-state index in [0.717, 1.165) is 29.6 Å². The van der Waals surface area contributed by atoms with Crippen LogP contribution in [0.25, 0.3) is 0 Å². The molecular weight excluding hydrogens is 180 g/mol. The summed E-state index contributed by atoms with van der Waals surface area (Å²) in [4.78, 5) is 0. The molecule has 3 rings (SSSR count). The second-order valence-corrected chi connectivity index (χ2v) is 6.79. The van der Waals surface area contributed by atoms with Gasteiger partial charge in [-0.2, -0.15) is 0 Å². The lowest BCUT2D eigenvalue weighted by molar-refractivity contribution is -0.0811. The predicted octanol–water partition coefficient (Wildman–Crippen LogP) is 4.27. The lowest BCUT2D eigenvalue weighted by atomic mass is 9.46. The Morgan fingerprint density at radius 2 is 2.13 bits per heavy atom. The van der Waals surface area contributed by atoms with E-state index >= 15 is 0 Å². The van der Waals surface area contributed by atoms with Crippen molar-refractivity contribution < 1.29 is 0 Å². The summed E-state index contributed by atoms with van der Waals surface area (Å²) < 4.78 is 0. The molecule has 0 nitrogen and oxygen atoms in total. The molecule has 0 heterocycles. The Hall–Kier alpha value is -0.260. The van der Waals surface area contributed by atoms with Crippen molar-refractivity contribution in [2.45, 2.75) is 47.0 Å². The summed E-state index contributed by atoms with van der Waals surface area (Å²) in [7, 11) is 0. The van der Waals surface area contributed by atoms with E-state index in [1.54, 1.807) is 5.57 Å². The molecule has 0 aromatic carbocycles. The second-order valence-electron chi connectivity index (χ2n) is 6.79. The van der Waals surface area contributed by atoms with E-state index in [0.29, 0.717) is 5.41 Å². The molecule has 5 atom stereocenters. The topological polar surface area (TPSA) is 0 Å². The highest BCUT2D eigenvalue weighted by Crippen LogP contribution is 2.71. The minimum atomic E-state index is 0.716. The molecule has 0 aromatic heterocycles. The standard InChI is InChI=1S/C15H24/c1-9(2)11-7-8-15(4)12-6-5-10(3)13(12)14(11)15/h5,9,11-14H,6-8H2,1-4H3. The van der Waals surface area contributed by atoms with Crippen molar-refractivity contribution in [2.75, 3.05) is 0 Å². The van der Waals surface area contributed by atoms with Gasteiger partial charge >= 0.3 is 0 Å². The Balaban J connectivity index is 1.91. The molecule has 84 valence electrons. The summed E-state index contributed by atoms with van der Waals surface area (Å²) in [5.74, 6) is 4.93. The molecule has 0 aromatic rings. The third kappa shape index (κ3) is 1.04. The smallest absolute Gasteiger partial charge is 0.0133 e. The molecule has 2 fully saturated rings. The molecule has 5 unspecified atom stereocenters. The van der Waals surface area contributed by atoms with Crippen molar-refractivity contribution in [1.29, 1.82) is 0 Å². The molecule has 0 N–H and O–H groups in total. The number of rotatable bonds is 1. The number of hydrogen-bond donors (Lipinski definition) is 0. The Labute approximate surface area is 94.1 Å². The predicted molar refractivity (Wildman–Crippen MR) is 64.5 cm³/mol. The van der Waals surface area contributed by atoms with Gasteiger partial charge < -0.3 is 0 Å². The van der Waals surface area contributed by atoms with Crippen LogP contribution >= 0.6 is 0 Å². The van der Waals surface area contributed by atoms with E-state index in [1.807, 2.05) is 0 Å². The van der Waals surface area contributed by atoms with Crippen LogP contribution in [-0.4, -0.2) is 0 Å². The fourth-order valence-electron chi connectivity index (χ4n) is 5.18. The van der Waals surface area contributed by atoms with Crippen molar-refractivity contribution in [3.63, 3.8) is 0 Å².